The lowest BCUT2D eigenvalue weighted by Gasteiger charge is -2.09. The maximum Gasteiger partial charge on any atom is 0.161 e. The van der Waals surface area contributed by atoms with Crippen molar-refractivity contribution < 1.29 is 8.78 Å². The normalized spacial score (nSPS) is 16.1. The van der Waals surface area contributed by atoms with Crippen molar-refractivity contribution in [2.45, 2.75) is 45.1 Å². The van der Waals surface area contributed by atoms with E-state index in [9.17, 15) is 8.78 Å². The van der Waals surface area contributed by atoms with Crippen LogP contribution in [0, 0.1) is 11.6 Å². The number of benzene rings is 1. The molecule has 1 heterocycles. The van der Waals surface area contributed by atoms with Crippen molar-refractivity contribution in [2.24, 2.45) is 11.5 Å². The molecule has 3 rings (SSSR count). The number of nitrogens with zero attached hydrogens (tertiary/aromatic N) is 2. The summed E-state index contributed by atoms with van der Waals surface area (Å²) >= 11 is 0. The zero-order chi connectivity index (χ0) is 17.3. The van der Waals surface area contributed by atoms with Crippen LogP contribution in [0.25, 0.3) is 16.6 Å². The second-order valence-electron chi connectivity index (χ2n) is 6.24. The van der Waals surface area contributed by atoms with Crippen LogP contribution in [0.4, 0.5) is 8.78 Å². The molecular formula is C18H22F2N4. The van der Waals surface area contributed by atoms with Gasteiger partial charge in [-0.2, -0.15) is 0 Å². The number of nitrogens with two attached hydrogens (primary N) is 2. The fourth-order valence-corrected chi connectivity index (χ4v) is 2.84. The summed E-state index contributed by atoms with van der Waals surface area (Å²) in [4.78, 5) is 4.49. The fraction of sp³-hybridized carbons (Fsp3) is 0.389. The van der Waals surface area contributed by atoms with Crippen molar-refractivity contribution in [3.8, 4) is 0 Å². The Morgan fingerprint density at radius 3 is 2.67 bits per heavy atom. The third kappa shape index (κ3) is 3.13. The highest BCUT2D eigenvalue weighted by Crippen LogP contribution is 2.40. The SMILES string of the molecule is CCCC/C(N)=C/C(=C\N)c1nc2cc(F)c(F)cc2n1C1CC1. The minimum atomic E-state index is -0.897. The third-order valence-electron chi connectivity index (χ3n) is 4.24. The number of allylic oxidation sites excluding steroid dienone is 3. The first kappa shape index (κ1) is 16.5. The number of rotatable bonds is 6. The molecule has 0 amide bonds. The Morgan fingerprint density at radius 1 is 1.33 bits per heavy atom. The minimum Gasteiger partial charge on any atom is -0.404 e. The Balaban J connectivity index is 2.09. The van der Waals surface area contributed by atoms with Crippen molar-refractivity contribution in [3.63, 3.8) is 0 Å². The first-order chi connectivity index (χ1) is 11.5. The van der Waals surface area contributed by atoms with E-state index in [1.54, 1.807) is 0 Å². The van der Waals surface area contributed by atoms with Gasteiger partial charge in [0.1, 0.15) is 5.82 Å². The zero-order valence-electron chi connectivity index (χ0n) is 13.7. The number of fused-ring (bicyclic) bond motifs is 1. The van der Waals surface area contributed by atoms with E-state index < -0.39 is 11.6 Å². The predicted octanol–water partition coefficient (Wildman–Crippen LogP) is 3.98. The highest BCUT2D eigenvalue weighted by molar-refractivity contribution is 5.82. The lowest BCUT2D eigenvalue weighted by atomic mass is 10.1. The number of imidazole rings is 1. The molecule has 0 spiro atoms. The average molecular weight is 332 g/mol. The van der Waals surface area contributed by atoms with Gasteiger partial charge in [0.25, 0.3) is 0 Å². The average Bonchev–Trinajstić information content (AvgIpc) is 3.33. The second kappa shape index (κ2) is 6.63. The van der Waals surface area contributed by atoms with Crippen molar-refractivity contribution in [2.75, 3.05) is 0 Å². The molecule has 0 radical (unpaired) electrons. The van der Waals surface area contributed by atoms with Crippen LogP contribution >= 0.6 is 0 Å². The van der Waals surface area contributed by atoms with Gasteiger partial charge in [-0.1, -0.05) is 13.3 Å². The molecule has 0 bridgehead atoms. The predicted molar refractivity (Wildman–Crippen MR) is 91.9 cm³/mol. The second-order valence-corrected chi connectivity index (χ2v) is 6.24. The lowest BCUT2D eigenvalue weighted by molar-refractivity contribution is 0.510. The van der Waals surface area contributed by atoms with Crippen LogP contribution in [-0.2, 0) is 0 Å². The summed E-state index contributed by atoms with van der Waals surface area (Å²) in [7, 11) is 0. The highest BCUT2D eigenvalue weighted by atomic mass is 19.2. The Bertz CT molecular complexity index is 816. The summed E-state index contributed by atoms with van der Waals surface area (Å²) < 4.78 is 29.2. The van der Waals surface area contributed by atoms with Crippen LogP contribution in [0.15, 0.2) is 30.1 Å². The molecule has 0 unspecified atom stereocenters. The van der Waals surface area contributed by atoms with Gasteiger partial charge in [-0.15, -0.1) is 0 Å². The van der Waals surface area contributed by atoms with E-state index in [0.29, 0.717) is 22.4 Å². The van der Waals surface area contributed by atoms with Crippen LogP contribution < -0.4 is 11.5 Å². The van der Waals surface area contributed by atoms with E-state index in [1.807, 2.05) is 10.6 Å². The summed E-state index contributed by atoms with van der Waals surface area (Å²) in [6.45, 7) is 2.10. The van der Waals surface area contributed by atoms with Crippen molar-refractivity contribution in [3.05, 3.63) is 47.6 Å². The molecule has 1 aliphatic carbocycles. The Morgan fingerprint density at radius 2 is 2.04 bits per heavy atom. The maximum absolute atomic E-state index is 13.7. The van der Waals surface area contributed by atoms with E-state index >= 15 is 0 Å². The molecule has 0 saturated heterocycles. The third-order valence-corrected chi connectivity index (χ3v) is 4.24. The van der Waals surface area contributed by atoms with Crippen LogP contribution in [0.3, 0.4) is 0 Å². The number of halogens is 2. The Kier molecular flexibility index (Phi) is 4.55. The van der Waals surface area contributed by atoms with Crippen molar-refractivity contribution >= 4 is 16.6 Å². The molecule has 4 nitrogen and oxygen atoms in total. The largest absolute Gasteiger partial charge is 0.404 e. The molecule has 0 atom stereocenters. The smallest absolute Gasteiger partial charge is 0.161 e. The van der Waals surface area contributed by atoms with Gasteiger partial charge in [-0.05, 0) is 31.8 Å². The van der Waals surface area contributed by atoms with E-state index in [-0.39, 0.29) is 6.04 Å². The summed E-state index contributed by atoms with van der Waals surface area (Å²) in [6.07, 6.45) is 8.06. The molecule has 24 heavy (non-hydrogen) atoms. The summed E-state index contributed by atoms with van der Waals surface area (Å²) in [5.74, 6) is -1.16. The molecule has 1 aliphatic rings. The summed E-state index contributed by atoms with van der Waals surface area (Å²) in [5.41, 5.74) is 14.3. The van der Waals surface area contributed by atoms with Crippen LogP contribution in [0.5, 0.6) is 0 Å². The molecule has 2 aromatic rings. The molecule has 4 N–H and O–H groups in total. The highest BCUT2D eigenvalue weighted by Gasteiger charge is 2.29. The number of hydrogen-bond donors (Lipinski definition) is 2. The summed E-state index contributed by atoms with van der Waals surface area (Å²) in [6, 6.07) is 2.58. The quantitative estimate of drug-likeness (QED) is 0.786. The van der Waals surface area contributed by atoms with E-state index in [1.165, 1.54) is 12.3 Å². The first-order valence-electron chi connectivity index (χ1n) is 8.30. The van der Waals surface area contributed by atoms with Gasteiger partial charge in [0.15, 0.2) is 11.6 Å². The molecule has 6 heteroatoms. The lowest BCUT2D eigenvalue weighted by Crippen LogP contribution is -2.04. The van der Waals surface area contributed by atoms with Gasteiger partial charge < -0.3 is 16.0 Å². The molecule has 128 valence electrons. The first-order valence-corrected chi connectivity index (χ1v) is 8.30. The summed E-state index contributed by atoms with van der Waals surface area (Å²) in [5, 5.41) is 0. The topological polar surface area (TPSA) is 69.9 Å². The molecule has 1 aromatic heterocycles. The molecule has 0 aliphatic heterocycles. The van der Waals surface area contributed by atoms with Crippen molar-refractivity contribution in [1.82, 2.24) is 9.55 Å². The fourth-order valence-electron chi connectivity index (χ4n) is 2.84. The number of unbranched alkanes of at least 4 members (excludes halogenated alkanes) is 1. The molecule has 1 saturated carbocycles. The molecular weight excluding hydrogens is 310 g/mol. The van der Waals surface area contributed by atoms with Crippen molar-refractivity contribution in [1.29, 1.82) is 0 Å². The van der Waals surface area contributed by atoms with Gasteiger partial charge in [0, 0.05) is 35.6 Å². The molecule has 1 fully saturated rings. The van der Waals surface area contributed by atoms with Crippen LogP contribution in [0.1, 0.15) is 50.9 Å². The van der Waals surface area contributed by atoms with Gasteiger partial charge in [0.2, 0.25) is 0 Å². The minimum absolute atomic E-state index is 0.245. The van der Waals surface area contributed by atoms with Crippen LogP contribution in [-0.4, -0.2) is 9.55 Å². The Hall–Kier alpha value is -2.37. The standard InChI is InChI=1S/C18H22F2N4/c1-2-3-4-12(22)7-11(10-21)18-23-16-8-14(19)15(20)9-17(16)24(18)13-5-6-13/h7-10,13H,2-6,21-22H2,1H3/b11-10+,12-7-. The van der Waals surface area contributed by atoms with Gasteiger partial charge in [-0.25, -0.2) is 13.8 Å². The van der Waals surface area contributed by atoms with E-state index in [4.69, 9.17) is 11.5 Å². The Labute approximate surface area is 139 Å². The van der Waals surface area contributed by atoms with Gasteiger partial charge in [-0.3, -0.25) is 0 Å². The zero-order valence-corrected chi connectivity index (χ0v) is 13.7. The monoisotopic (exact) mass is 332 g/mol. The van der Waals surface area contributed by atoms with Gasteiger partial charge in [0.05, 0.1) is 11.0 Å². The van der Waals surface area contributed by atoms with Gasteiger partial charge >= 0.3 is 0 Å². The van der Waals surface area contributed by atoms with Crippen LogP contribution in [0.2, 0.25) is 0 Å². The maximum atomic E-state index is 13.7. The number of aromatic nitrogens is 2. The molecule has 1 aromatic carbocycles. The van der Waals surface area contributed by atoms with E-state index in [0.717, 1.165) is 43.9 Å². The van der Waals surface area contributed by atoms with E-state index in [2.05, 4.69) is 11.9 Å². The number of hydrogen-bond acceptors (Lipinski definition) is 3.